The van der Waals surface area contributed by atoms with E-state index in [-0.39, 0.29) is 12.3 Å². The summed E-state index contributed by atoms with van der Waals surface area (Å²) in [4.78, 5) is 8.13. The molecule has 0 bridgehead atoms. The average molecular weight is 350 g/mol. The van der Waals surface area contributed by atoms with Gasteiger partial charge in [0.15, 0.2) is 5.96 Å². The SMILES string of the molecule is CN(C)C(=NCc1cc(Br)ccc1OC(F)F)N(C)C. The third-order valence-electron chi connectivity index (χ3n) is 2.43. The number of nitrogens with zero attached hydrogens (tertiary/aromatic N) is 3. The molecule has 0 spiro atoms. The molecule has 0 radical (unpaired) electrons. The summed E-state index contributed by atoms with van der Waals surface area (Å²) in [6.07, 6.45) is 0. The molecular formula is C13H18BrF2N3O. The zero-order chi connectivity index (χ0) is 15.3. The van der Waals surface area contributed by atoms with Crippen molar-refractivity contribution >= 4 is 21.9 Å². The highest BCUT2D eigenvalue weighted by atomic mass is 79.9. The Kier molecular flexibility index (Phi) is 6.19. The summed E-state index contributed by atoms with van der Waals surface area (Å²) < 4.78 is 30.0. The Morgan fingerprint density at radius 2 is 1.85 bits per heavy atom. The lowest BCUT2D eigenvalue weighted by molar-refractivity contribution is -0.0504. The van der Waals surface area contributed by atoms with Crippen molar-refractivity contribution < 1.29 is 13.5 Å². The van der Waals surface area contributed by atoms with Crippen LogP contribution in [0.1, 0.15) is 5.56 Å². The molecule has 20 heavy (non-hydrogen) atoms. The number of benzene rings is 1. The first-order chi connectivity index (χ1) is 9.31. The van der Waals surface area contributed by atoms with Crippen LogP contribution < -0.4 is 4.74 Å². The number of alkyl halides is 2. The summed E-state index contributed by atoms with van der Waals surface area (Å²) in [6, 6.07) is 4.89. The van der Waals surface area contributed by atoms with Crippen molar-refractivity contribution in [2.45, 2.75) is 13.2 Å². The van der Waals surface area contributed by atoms with Crippen molar-refractivity contribution in [3.05, 3.63) is 28.2 Å². The molecule has 0 N–H and O–H groups in total. The first-order valence-corrected chi connectivity index (χ1v) is 6.73. The van der Waals surface area contributed by atoms with Gasteiger partial charge in [0.05, 0.1) is 6.54 Å². The molecule has 1 aromatic carbocycles. The highest BCUT2D eigenvalue weighted by Crippen LogP contribution is 2.25. The van der Waals surface area contributed by atoms with Gasteiger partial charge in [-0.05, 0) is 18.2 Å². The molecule has 1 aromatic rings. The van der Waals surface area contributed by atoms with Crippen LogP contribution in [0.2, 0.25) is 0 Å². The van der Waals surface area contributed by atoms with Crippen LogP contribution in [-0.4, -0.2) is 50.6 Å². The third kappa shape index (κ3) is 4.96. The molecule has 7 heteroatoms. The van der Waals surface area contributed by atoms with E-state index in [1.165, 1.54) is 6.07 Å². The normalized spacial score (nSPS) is 10.4. The quantitative estimate of drug-likeness (QED) is 0.617. The fourth-order valence-electron chi connectivity index (χ4n) is 1.72. The van der Waals surface area contributed by atoms with Gasteiger partial charge in [-0.15, -0.1) is 0 Å². The van der Waals surface area contributed by atoms with E-state index in [1.54, 1.807) is 12.1 Å². The Labute approximate surface area is 126 Å². The molecule has 1 rings (SSSR count). The van der Waals surface area contributed by atoms with E-state index in [9.17, 15) is 8.78 Å². The molecule has 0 aliphatic rings. The highest BCUT2D eigenvalue weighted by Gasteiger charge is 2.11. The van der Waals surface area contributed by atoms with E-state index in [1.807, 2.05) is 38.0 Å². The largest absolute Gasteiger partial charge is 0.434 e. The smallest absolute Gasteiger partial charge is 0.387 e. The van der Waals surface area contributed by atoms with Gasteiger partial charge < -0.3 is 14.5 Å². The molecule has 0 atom stereocenters. The maximum Gasteiger partial charge on any atom is 0.387 e. The molecule has 0 heterocycles. The van der Waals surface area contributed by atoms with Gasteiger partial charge in [-0.3, -0.25) is 0 Å². The number of hydrogen-bond acceptors (Lipinski definition) is 2. The minimum atomic E-state index is -2.85. The minimum absolute atomic E-state index is 0.142. The van der Waals surface area contributed by atoms with Crippen molar-refractivity contribution in [1.29, 1.82) is 0 Å². The van der Waals surface area contributed by atoms with Gasteiger partial charge in [-0.1, -0.05) is 15.9 Å². The van der Waals surface area contributed by atoms with Crippen LogP contribution in [0.5, 0.6) is 5.75 Å². The first kappa shape index (κ1) is 16.7. The second-order valence-corrected chi connectivity index (χ2v) is 5.45. The Bertz CT molecular complexity index is 469. The number of hydrogen-bond donors (Lipinski definition) is 0. The number of rotatable bonds is 4. The van der Waals surface area contributed by atoms with Crippen LogP contribution >= 0.6 is 15.9 Å². The Morgan fingerprint density at radius 1 is 1.25 bits per heavy atom. The molecule has 0 aliphatic carbocycles. The van der Waals surface area contributed by atoms with Gasteiger partial charge >= 0.3 is 6.61 Å². The minimum Gasteiger partial charge on any atom is -0.434 e. The predicted molar refractivity (Wildman–Crippen MR) is 79.3 cm³/mol. The fraction of sp³-hybridized carbons (Fsp3) is 0.462. The van der Waals surface area contributed by atoms with Crippen LogP contribution in [0.3, 0.4) is 0 Å². The zero-order valence-electron chi connectivity index (χ0n) is 11.9. The molecule has 0 fully saturated rings. The molecule has 0 saturated heterocycles. The third-order valence-corrected chi connectivity index (χ3v) is 2.92. The highest BCUT2D eigenvalue weighted by molar-refractivity contribution is 9.10. The lowest BCUT2D eigenvalue weighted by Gasteiger charge is -2.22. The predicted octanol–water partition coefficient (Wildman–Crippen LogP) is 3.03. The fourth-order valence-corrected chi connectivity index (χ4v) is 2.13. The lowest BCUT2D eigenvalue weighted by atomic mass is 10.2. The summed E-state index contributed by atoms with van der Waals surface area (Å²) in [5.74, 6) is 0.886. The van der Waals surface area contributed by atoms with Crippen LogP contribution in [0, 0.1) is 0 Å². The lowest BCUT2D eigenvalue weighted by Crippen LogP contribution is -2.35. The molecule has 0 saturated carbocycles. The van der Waals surface area contributed by atoms with Crippen LogP contribution in [-0.2, 0) is 6.54 Å². The summed E-state index contributed by atoms with van der Waals surface area (Å²) in [6.45, 7) is -2.59. The molecule has 112 valence electrons. The molecule has 0 aliphatic heterocycles. The number of ether oxygens (including phenoxy) is 1. The maximum absolute atomic E-state index is 12.4. The molecule has 0 aromatic heterocycles. The van der Waals surface area contributed by atoms with E-state index in [2.05, 4.69) is 25.7 Å². The van der Waals surface area contributed by atoms with Gasteiger partial charge in [0.1, 0.15) is 5.75 Å². The van der Waals surface area contributed by atoms with Gasteiger partial charge in [-0.2, -0.15) is 8.78 Å². The monoisotopic (exact) mass is 349 g/mol. The van der Waals surface area contributed by atoms with Gasteiger partial charge in [0, 0.05) is 38.2 Å². The summed E-state index contributed by atoms with van der Waals surface area (Å²) in [7, 11) is 7.49. The van der Waals surface area contributed by atoms with Crippen LogP contribution in [0.15, 0.2) is 27.7 Å². The summed E-state index contributed by atoms with van der Waals surface area (Å²) in [5.41, 5.74) is 0.598. The summed E-state index contributed by atoms with van der Waals surface area (Å²) in [5, 5.41) is 0. The Hall–Kier alpha value is -1.37. The van der Waals surface area contributed by atoms with Crippen molar-refractivity contribution in [2.24, 2.45) is 4.99 Å². The van der Waals surface area contributed by atoms with E-state index in [0.717, 1.165) is 10.4 Å². The van der Waals surface area contributed by atoms with Gasteiger partial charge in [-0.25, -0.2) is 4.99 Å². The van der Waals surface area contributed by atoms with E-state index in [0.29, 0.717) is 5.56 Å². The van der Waals surface area contributed by atoms with Crippen molar-refractivity contribution in [2.75, 3.05) is 28.2 Å². The van der Waals surface area contributed by atoms with Crippen LogP contribution in [0.4, 0.5) is 8.78 Å². The van der Waals surface area contributed by atoms with E-state index in [4.69, 9.17) is 0 Å². The number of guanidine groups is 1. The molecule has 0 amide bonds. The van der Waals surface area contributed by atoms with Gasteiger partial charge in [0.2, 0.25) is 0 Å². The molecular weight excluding hydrogens is 332 g/mol. The zero-order valence-corrected chi connectivity index (χ0v) is 13.5. The first-order valence-electron chi connectivity index (χ1n) is 5.93. The van der Waals surface area contributed by atoms with Crippen molar-refractivity contribution in [3.63, 3.8) is 0 Å². The standard InChI is InChI=1S/C13H18BrF2N3O/c1-18(2)13(19(3)4)17-8-9-7-10(14)5-6-11(9)20-12(15)16/h5-7,12H,8H2,1-4H3. The number of halogens is 3. The van der Waals surface area contributed by atoms with Crippen molar-refractivity contribution in [3.8, 4) is 5.75 Å². The molecule has 4 nitrogen and oxygen atoms in total. The maximum atomic E-state index is 12.4. The van der Waals surface area contributed by atoms with Crippen LogP contribution in [0.25, 0.3) is 0 Å². The molecule has 0 unspecified atom stereocenters. The Morgan fingerprint density at radius 3 is 2.35 bits per heavy atom. The summed E-state index contributed by atoms with van der Waals surface area (Å²) >= 11 is 3.32. The van der Waals surface area contributed by atoms with Gasteiger partial charge in [0.25, 0.3) is 0 Å². The topological polar surface area (TPSA) is 28.1 Å². The average Bonchev–Trinajstić information content (AvgIpc) is 2.31. The number of aliphatic imine (C=N–C) groups is 1. The second kappa shape index (κ2) is 7.42. The Balaban J connectivity index is 3.00. The van der Waals surface area contributed by atoms with E-state index < -0.39 is 6.61 Å². The van der Waals surface area contributed by atoms with E-state index >= 15 is 0 Å². The van der Waals surface area contributed by atoms with Crippen molar-refractivity contribution in [1.82, 2.24) is 9.80 Å². The second-order valence-electron chi connectivity index (χ2n) is 4.54.